The maximum atomic E-state index is 11.8. The predicted octanol–water partition coefficient (Wildman–Crippen LogP) is 0.509. The van der Waals surface area contributed by atoms with Gasteiger partial charge in [-0.3, -0.25) is 4.79 Å². The van der Waals surface area contributed by atoms with E-state index in [2.05, 4.69) is 0 Å². The Morgan fingerprint density at radius 3 is 2.79 bits per heavy atom. The molecule has 19 heavy (non-hydrogen) atoms. The molecule has 0 aromatic heterocycles. The first-order chi connectivity index (χ1) is 9.04. The zero-order valence-electron chi connectivity index (χ0n) is 10.8. The van der Waals surface area contributed by atoms with E-state index in [1.807, 2.05) is 4.90 Å². The number of ether oxygens (including phenoxy) is 1. The maximum Gasteiger partial charge on any atom is 0.340 e. The van der Waals surface area contributed by atoms with E-state index in [1.54, 1.807) is 18.2 Å². The normalized spacial score (nSPS) is 18.4. The lowest BCUT2D eigenvalue weighted by Crippen LogP contribution is -2.41. The molecular formula is C13H17N3O3. The van der Waals surface area contributed by atoms with Crippen LogP contribution >= 0.6 is 0 Å². The molecule has 1 aliphatic heterocycles. The Hall–Kier alpha value is -2.24. The standard InChI is InChI=1S/C13H17N3O3/c1-19-13(18)9-7-8(14)4-5-10(9)16-6-2-3-11(16)12(15)17/h4-5,7,11H,2-3,6,14H2,1H3,(H2,15,17). The SMILES string of the molecule is COC(=O)c1cc(N)ccc1N1CCCC1C(N)=O. The number of hydrogen-bond donors (Lipinski definition) is 2. The molecule has 1 aromatic rings. The average molecular weight is 263 g/mol. The van der Waals surface area contributed by atoms with Crippen LogP contribution in [0.2, 0.25) is 0 Å². The number of esters is 1. The minimum absolute atomic E-state index is 0.357. The van der Waals surface area contributed by atoms with Crippen LogP contribution in [0.4, 0.5) is 11.4 Å². The molecule has 0 spiro atoms. The smallest absolute Gasteiger partial charge is 0.340 e. The molecule has 1 aromatic carbocycles. The molecular weight excluding hydrogens is 246 g/mol. The molecule has 0 radical (unpaired) electrons. The van der Waals surface area contributed by atoms with Gasteiger partial charge in [-0.05, 0) is 31.0 Å². The van der Waals surface area contributed by atoms with Gasteiger partial charge in [-0.25, -0.2) is 4.79 Å². The van der Waals surface area contributed by atoms with Crippen molar-refractivity contribution < 1.29 is 14.3 Å². The van der Waals surface area contributed by atoms with Gasteiger partial charge in [0.1, 0.15) is 6.04 Å². The van der Waals surface area contributed by atoms with Gasteiger partial charge in [0.05, 0.1) is 18.4 Å². The number of hydrogen-bond acceptors (Lipinski definition) is 5. The summed E-state index contributed by atoms with van der Waals surface area (Å²) in [7, 11) is 1.31. The van der Waals surface area contributed by atoms with Crippen molar-refractivity contribution in [2.24, 2.45) is 5.73 Å². The van der Waals surface area contributed by atoms with Crippen LogP contribution in [0.15, 0.2) is 18.2 Å². The summed E-state index contributed by atoms with van der Waals surface area (Å²) in [6.07, 6.45) is 1.55. The third-order valence-corrected chi connectivity index (χ3v) is 3.32. The fraction of sp³-hybridized carbons (Fsp3) is 0.385. The number of primary amides is 1. The quantitative estimate of drug-likeness (QED) is 0.611. The highest BCUT2D eigenvalue weighted by Gasteiger charge is 2.31. The van der Waals surface area contributed by atoms with Gasteiger partial charge in [-0.1, -0.05) is 0 Å². The number of carbonyl (C=O) groups excluding carboxylic acids is 2. The van der Waals surface area contributed by atoms with Crippen LogP contribution in [0.5, 0.6) is 0 Å². The largest absolute Gasteiger partial charge is 0.465 e. The molecule has 1 amide bonds. The molecule has 1 atom stereocenters. The third-order valence-electron chi connectivity index (χ3n) is 3.32. The number of carbonyl (C=O) groups is 2. The lowest BCUT2D eigenvalue weighted by atomic mass is 10.1. The summed E-state index contributed by atoms with van der Waals surface area (Å²) in [5, 5.41) is 0. The van der Waals surface area contributed by atoms with Gasteiger partial charge < -0.3 is 21.1 Å². The molecule has 0 bridgehead atoms. The fourth-order valence-electron chi connectivity index (χ4n) is 2.43. The topological polar surface area (TPSA) is 98.7 Å². The van der Waals surface area contributed by atoms with Gasteiger partial charge in [0, 0.05) is 12.2 Å². The summed E-state index contributed by atoms with van der Waals surface area (Å²) in [6.45, 7) is 0.682. The Balaban J connectivity index is 2.44. The van der Waals surface area contributed by atoms with Crippen LogP contribution in [-0.2, 0) is 9.53 Å². The van der Waals surface area contributed by atoms with Crippen molar-refractivity contribution >= 4 is 23.3 Å². The number of nitrogens with zero attached hydrogens (tertiary/aromatic N) is 1. The number of methoxy groups -OCH3 is 1. The van der Waals surface area contributed by atoms with Gasteiger partial charge in [0.2, 0.25) is 5.91 Å². The number of amides is 1. The van der Waals surface area contributed by atoms with E-state index in [-0.39, 0.29) is 11.9 Å². The first kappa shape index (κ1) is 13.2. The summed E-state index contributed by atoms with van der Waals surface area (Å²) in [5.74, 6) is -0.859. The van der Waals surface area contributed by atoms with Crippen LogP contribution in [0.3, 0.4) is 0 Å². The van der Waals surface area contributed by atoms with Crippen molar-refractivity contribution in [2.45, 2.75) is 18.9 Å². The van der Waals surface area contributed by atoms with Crippen LogP contribution in [-0.4, -0.2) is 31.6 Å². The van der Waals surface area contributed by atoms with Crippen molar-refractivity contribution in [3.8, 4) is 0 Å². The fourth-order valence-corrected chi connectivity index (χ4v) is 2.43. The minimum Gasteiger partial charge on any atom is -0.465 e. The van der Waals surface area contributed by atoms with Gasteiger partial charge in [0.15, 0.2) is 0 Å². The van der Waals surface area contributed by atoms with Crippen molar-refractivity contribution in [1.29, 1.82) is 0 Å². The van der Waals surface area contributed by atoms with Gasteiger partial charge in [-0.15, -0.1) is 0 Å². The highest BCUT2D eigenvalue weighted by atomic mass is 16.5. The van der Waals surface area contributed by atoms with E-state index in [0.717, 1.165) is 6.42 Å². The molecule has 102 valence electrons. The Bertz CT molecular complexity index is 516. The first-order valence-corrected chi connectivity index (χ1v) is 6.08. The molecule has 1 unspecified atom stereocenters. The number of nitrogen functional groups attached to an aromatic ring is 1. The van der Waals surface area contributed by atoms with Gasteiger partial charge in [0.25, 0.3) is 0 Å². The molecule has 1 saturated heterocycles. The van der Waals surface area contributed by atoms with Crippen LogP contribution in [0.25, 0.3) is 0 Å². The second-order valence-corrected chi connectivity index (χ2v) is 4.52. The Morgan fingerprint density at radius 1 is 1.42 bits per heavy atom. The van der Waals surface area contributed by atoms with E-state index < -0.39 is 5.97 Å². The number of rotatable bonds is 3. The molecule has 1 aliphatic rings. The number of anilines is 2. The molecule has 0 saturated carbocycles. The average Bonchev–Trinajstić information content (AvgIpc) is 2.87. The predicted molar refractivity (Wildman–Crippen MR) is 71.8 cm³/mol. The molecule has 1 fully saturated rings. The molecule has 4 N–H and O–H groups in total. The lowest BCUT2D eigenvalue weighted by Gasteiger charge is -2.26. The zero-order valence-corrected chi connectivity index (χ0v) is 10.8. The van der Waals surface area contributed by atoms with Crippen molar-refractivity contribution in [1.82, 2.24) is 0 Å². The van der Waals surface area contributed by atoms with E-state index in [1.165, 1.54) is 7.11 Å². The summed E-state index contributed by atoms with van der Waals surface area (Å²) in [5.41, 5.74) is 12.6. The molecule has 1 heterocycles. The monoisotopic (exact) mass is 263 g/mol. The van der Waals surface area contributed by atoms with Gasteiger partial charge >= 0.3 is 5.97 Å². The van der Waals surface area contributed by atoms with E-state index in [9.17, 15) is 9.59 Å². The highest BCUT2D eigenvalue weighted by molar-refractivity contribution is 5.98. The van der Waals surface area contributed by atoms with Crippen molar-refractivity contribution in [3.63, 3.8) is 0 Å². The van der Waals surface area contributed by atoms with Crippen LogP contribution < -0.4 is 16.4 Å². The van der Waals surface area contributed by atoms with E-state index in [0.29, 0.717) is 29.9 Å². The molecule has 6 heteroatoms. The summed E-state index contributed by atoms with van der Waals surface area (Å²) in [6, 6.07) is 4.59. The van der Waals surface area contributed by atoms with Crippen molar-refractivity contribution in [2.75, 3.05) is 24.3 Å². The second-order valence-electron chi connectivity index (χ2n) is 4.52. The number of nitrogens with two attached hydrogens (primary N) is 2. The van der Waals surface area contributed by atoms with E-state index >= 15 is 0 Å². The second kappa shape index (κ2) is 5.17. The van der Waals surface area contributed by atoms with Gasteiger partial charge in [-0.2, -0.15) is 0 Å². The molecule has 6 nitrogen and oxygen atoms in total. The third kappa shape index (κ3) is 2.47. The van der Waals surface area contributed by atoms with Crippen molar-refractivity contribution in [3.05, 3.63) is 23.8 Å². The summed E-state index contributed by atoms with van der Waals surface area (Å²) in [4.78, 5) is 25.1. The lowest BCUT2D eigenvalue weighted by molar-refractivity contribution is -0.119. The Kier molecular flexibility index (Phi) is 3.59. The molecule has 2 rings (SSSR count). The first-order valence-electron chi connectivity index (χ1n) is 6.08. The van der Waals surface area contributed by atoms with Crippen LogP contribution in [0, 0.1) is 0 Å². The minimum atomic E-state index is -0.475. The zero-order chi connectivity index (χ0) is 14.0. The summed E-state index contributed by atoms with van der Waals surface area (Å²) >= 11 is 0. The number of benzene rings is 1. The van der Waals surface area contributed by atoms with Crippen LogP contribution in [0.1, 0.15) is 23.2 Å². The maximum absolute atomic E-state index is 11.8. The molecule has 0 aliphatic carbocycles. The highest BCUT2D eigenvalue weighted by Crippen LogP contribution is 2.30. The van der Waals surface area contributed by atoms with E-state index in [4.69, 9.17) is 16.2 Å². The Morgan fingerprint density at radius 2 is 2.16 bits per heavy atom. The summed E-state index contributed by atoms with van der Waals surface area (Å²) < 4.78 is 4.75. The Labute approximate surface area is 111 Å².